The van der Waals surface area contributed by atoms with Crippen LogP contribution in [0.2, 0.25) is 0 Å². The van der Waals surface area contributed by atoms with E-state index in [1.54, 1.807) is 42.5 Å². The molecule has 1 N–H and O–H groups in total. The number of benzene rings is 2. The number of aliphatic hydroxyl groups is 1. The summed E-state index contributed by atoms with van der Waals surface area (Å²) in [4.78, 5) is 3.94. The SMILES string of the molecule is CCCCN(CCCC)c1ccc(/C=C/c2ccc(/C=C/C(=C(\C#N)C(OC(F)(F)F)=C(C#N)C#N)c3ccccc3)s2)c(OCC(O)CBr)c1. The summed E-state index contributed by atoms with van der Waals surface area (Å²) in [5.74, 6) is -0.529. The van der Waals surface area contributed by atoms with Crippen molar-refractivity contribution in [1.82, 2.24) is 0 Å². The largest absolute Gasteiger partial charge is 0.573 e. The summed E-state index contributed by atoms with van der Waals surface area (Å²) in [7, 11) is 0. The number of allylic oxidation sites excluding steroid dienone is 4. The Balaban J connectivity index is 2.01. The first kappa shape index (κ1) is 40.6. The highest BCUT2D eigenvalue weighted by atomic mass is 79.9. The quantitative estimate of drug-likeness (QED) is 0.0592. The number of nitriles is 3. The molecule has 1 heterocycles. The van der Waals surface area contributed by atoms with Gasteiger partial charge in [0.1, 0.15) is 36.1 Å². The number of alkyl halides is 4. The lowest BCUT2D eigenvalue weighted by molar-refractivity contribution is -0.303. The molecule has 3 rings (SSSR count). The first-order valence-corrected chi connectivity index (χ1v) is 18.2. The molecule has 1 atom stereocenters. The zero-order chi connectivity index (χ0) is 37.2. The van der Waals surface area contributed by atoms with E-state index in [0.29, 0.717) is 16.6 Å². The molecule has 0 spiro atoms. The molecule has 0 saturated carbocycles. The molecule has 0 aliphatic heterocycles. The predicted octanol–water partition coefficient (Wildman–Crippen LogP) is 10.3. The molecule has 51 heavy (non-hydrogen) atoms. The van der Waals surface area contributed by atoms with Crippen LogP contribution in [0.4, 0.5) is 18.9 Å². The fraction of sp³-hybridized carbons (Fsp3) is 0.308. The van der Waals surface area contributed by atoms with E-state index < -0.39 is 29.4 Å². The van der Waals surface area contributed by atoms with Gasteiger partial charge in [0, 0.05) is 51.1 Å². The minimum atomic E-state index is -5.25. The van der Waals surface area contributed by atoms with Gasteiger partial charge in [-0.3, -0.25) is 0 Å². The first-order chi connectivity index (χ1) is 24.6. The van der Waals surface area contributed by atoms with E-state index in [2.05, 4.69) is 45.5 Å². The van der Waals surface area contributed by atoms with Crippen LogP contribution in [0.5, 0.6) is 5.75 Å². The molecular formula is C39H38BrF3N4O3S. The molecule has 0 fully saturated rings. The van der Waals surface area contributed by atoms with Gasteiger partial charge in [-0.1, -0.05) is 79.0 Å². The van der Waals surface area contributed by atoms with Crippen LogP contribution in [0.15, 0.2) is 83.6 Å². The van der Waals surface area contributed by atoms with E-state index in [4.69, 9.17) is 4.74 Å². The van der Waals surface area contributed by atoms with Crippen LogP contribution in [0.3, 0.4) is 0 Å². The number of nitrogens with zero attached hydrogens (tertiary/aromatic N) is 4. The van der Waals surface area contributed by atoms with Gasteiger partial charge in [0.05, 0.1) is 6.10 Å². The van der Waals surface area contributed by atoms with Crippen molar-refractivity contribution in [2.45, 2.75) is 52.0 Å². The van der Waals surface area contributed by atoms with Crippen LogP contribution in [-0.2, 0) is 4.74 Å². The smallest absolute Gasteiger partial charge is 0.490 e. The number of hydrogen-bond acceptors (Lipinski definition) is 8. The van der Waals surface area contributed by atoms with Crippen molar-refractivity contribution in [3.63, 3.8) is 0 Å². The van der Waals surface area contributed by atoms with Gasteiger partial charge in [-0.25, -0.2) is 0 Å². The third-order valence-corrected chi connectivity index (χ3v) is 9.15. The second kappa shape index (κ2) is 20.8. The molecule has 2 aromatic carbocycles. The Morgan fingerprint density at radius 3 is 2.14 bits per heavy atom. The second-order valence-corrected chi connectivity index (χ2v) is 13.0. The molecule has 0 aliphatic carbocycles. The standard InChI is InChI=1S/C39H38BrF3N4O3S/c1-3-5-20-47(21-6-4-2)31-14-12-29(37(22-31)49-27-32(48)23-40)13-15-33-16-17-34(51-33)18-19-35(28-10-8-7-9-11-28)36(26-46)38(30(24-44)25-45)50-39(41,42)43/h7-19,22,32,48H,3-6,20-21,23,27H2,1-2H3/b15-13+,19-18+,36-35-. The number of anilines is 1. The summed E-state index contributed by atoms with van der Waals surface area (Å²) in [5.41, 5.74) is 0.681. The summed E-state index contributed by atoms with van der Waals surface area (Å²) in [6, 6.07) is 22.5. The summed E-state index contributed by atoms with van der Waals surface area (Å²) >= 11 is 4.68. The Kier molecular flexibility index (Phi) is 16.5. The monoisotopic (exact) mass is 778 g/mol. The number of unbranched alkanes of at least 4 members (excludes halogenated alkanes) is 2. The molecule has 0 bridgehead atoms. The topological polar surface area (TPSA) is 113 Å². The van der Waals surface area contributed by atoms with Crippen LogP contribution in [0.25, 0.3) is 23.8 Å². The van der Waals surface area contributed by atoms with Crippen LogP contribution in [0.1, 0.15) is 60.4 Å². The maximum atomic E-state index is 13.4. The van der Waals surface area contributed by atoms with E-state index in [-0.39, 0.29) is 12.2 Å². The molecule has 0 radical (unpaired) electrons. The number of ether oxygens (including phenoxy) is 2. The Morgan fingerprint density at radius 1 is 0.922 bits per heavy atom. The van der Waals surface area contributed by atoms with E-state index in [9.17, 15) is 34.1 Å². The number of hydrogen-bond donors (Lipinski definition) is 1. The van der Waals surface area contributed by atoms with Gasteiger partial charge in [-0.05, 0) is 60.9 Å². The molecule has 0 aliphatic rings. The van der Waals surface area contributed by atoms with E-state index in [1.165, 1.54) is 29.6 Å². The van der Waals surface area contributed by atoms with Crippen molar-refractivity contribution in [2.24, 2.45) is 0 Å². The van der Waals surface area contributed by atoms with Crippen molar-refractivity contribution >= 4 is 56.8 Å². The average molecular weight is 780 g/mol. The fourth-order valence-corrected chi connectivity index (χ4v) is 5.81. The number of rotatable bonds is 18. The lowest BCUT2D eigenvalue weighted by atomic mass is 9.97. The molecule has 1 unspecified atom stereocenters. The van der Waals surface area contributed by atoms with Crippen molar-refractivity contribution < 1.29 is 27.8 Å². The summed E-state index contributed by atoms with van der Waals surface area (Å²) < 4.78 is 50.2. The van der Waals surface area contributed by atoms with Gasteiger partial charge >= 0.3 is 6.36 Å². The first-order valence-electron chi connectivity index (χ1n) is 16.3. The van der Waals surface area contributed by atoms with Crippen LogP contribution in [0, 0.1) is 34.0 Å². The zero-order valence-electron chi connectivity index (χ0n) is 28.3. The minimum Gasteiger partial charge on any atom is -0.490 e. The van der Waals surface area contributed by atoms with Crippen molar-refractivity contribution in [3.05, 3.63) is 105 Å². The molecular weight excluding hydrogens is 741 g/mol. The summed E-state index contributed by atoms with van der Waals surface area (Å²) in [6.07, 6.45) is 5.30. The second-order valence-electron chi connectivity index (χ2n) is 11.2. The van der Waals surface area contributed by atoms with Gasteiger partial charge < -0.3 is 19.5 Å². The lowest BCUT2D eigenvalue weighted by Crippen LogP contribution is -2.25. The maximum absolute atomic E-state index is 13.4. The predicted molar refractivity (Wildman–Crippen MR) is 200 cm³/mol. The van der Waals surface area contributed by atoms with Crippen LogP contribution < -0.4 is 9.64 Å². The van der Waals surface area contributed by atoms with Crippen LogP contribution >= 0.6 is 27.3 Å². The Bertz CT molecular complexity index is 1820. The fourth-order valence-electron chi connectivity index (χ4n) is 4.81. The molecule has 7 nitrogen and oxygen atoms in total. The van der Waals surface area contributed by atoms with Gasteiger partial charge in [0.25, 0.3) is 0 Å². The molecule has 266 valence electrons. The average Bonchev–Trinajstić information content (AvgIpc) is 3.59. The van der Waals surface area contributed by atoms with E-state index in [1.807, 2.05) is 36.4 Å². The zero-order valence-corrected chi connectivity index (χ0v) is 30.7. The van der Waals surface area contributed by atoms with E-state index in [0.717, 1.165) is 59.8 Å². The highest BCUT2D eigenvalue weighted by Crippen LogP contribution is 2.34. The maximum Gasteiger partial charge on any atom is 0.573 e. The highest BCUT2D eigenvalue weighted by Gasteiger charge is 2.35. The molecule has 0 saturated heterocycles. The lowest BCUT2D eigenvalue weighted by Gasteiger charge is -2.26. The Hall–Kier alpha value is -4.80. The van der Waals surface area contributed by atoms with Crippen molar-refractivity contribution in [2.75, 3.05) is 29.9 Å². The molecule has 12 heteroatoms. The summed E-state index contributed by atoms with van der Waals surface area (Å²) in [6.45, 7) is 6.31. The highest BCUT2D eigenvalue weighted by molar-refractivity contribution is 9.09. The third-order valence-electron chi connectivity index (χ3n) is 7.39. The molecule has 0 amide bonds. The van der Waals surface area contributed by atoms with Gasteiger partial charge in [-0.15, -0.1) is 24.5 Å². The number of thiophene rings is 1. The third kappa shape index (κ3) is 12.8. The number of aliphatic hydroxyl groups excluding tert-OH is 1. The normalized spacial score (nSPS) is 12.5. The van der Waals surface area contributed by atoms with Crippen molar-refractivity contribution in [1.29, 1.82) is 15.8 Å². The van der Waals surface area contributed by atoms with Gasteiger partial charge in [0.15, 0.2) is 11.3 Å². The van der Waals surface area contributed by atoms with Gasteiger partial charge in [0.2, 0.25) is 0 Å². The van der Waals surface area contributed by atoms with Crippen LogP contribution in [-0.4, -0.2) is 42.6 Å². The van der Waals surface area contributed by atoms with E-state index >= 15 is 0 Å². The van der Waals surface area contributed by atoms with Crippen molar-refractivity contribution in [3.8, 4) is 24.0 Å². The number of halogens is 4. The minimum absolute atomic E-state index is 0.0327. The summed E-state index contributed by atoms with van der Waals surface area (Å²) in [5, 5.41) is 39.3. The Labute approximate surface area is 309 Å². The molecule has 1 aromatic heterocycles. The van der Waals surface area contributed by atoms with Gasteiger partial charge in [-0.2, -0.15) is 15.8 Å². The molecule has 3 aromatic rings. The Morgan fingerprint density at radius 2 is 1.57 bits per heavy atom.